The molecule has 3 fully saturated rings. The van der Waals surface area contributed by atoms with E-state index < -0.39 is 0 Å². The highest BCUT2D eigenvalue weighted by Gasteiger charge is 2.44. The summed E-state index contributed by atoms with van der Waals surface area (Å²) in [5, 5.41) is 0. The fraction of sp³-hybridized carbons (Fsp3) is 1.00. The van der Waals surface area contributed by atoms with Crippen LogP contribution in [0.25, 0.3) is 0 Å². The zero-order valence-electron chi connectivity index (χ0n) is 10.6. The standard InChI is InChI=1S/C13H24N2O2/c14-5-6-15(11-1-2-11)12-3-7-17-13(9-12)4-8-16-10-13/h11-12H,1-10,14H2. The number of hydrogen-bond donors (Lipinski definition) is 1. The molecule has 2 aliphatic heterocycles. The molecule has 0 aromatic rings. The van der Waals surface area contributed by atoms with Gasteiger partial charge in [-0.15, -0.1) is 0 Å². The van der Waals surface area contributed by atoms with Gasteiger partial charge in [-0.2, -0.15) is 0 Å². The summed E-state index contributed by atoms with van der Waals surface area (Å²) < 4.78 is 11.5. The van der Waals surface area contributed by atoms with Gasteiger partial charge in [0.25, 0.3) is 0 Å². The van der Waals surface area contributed by atoms with Crippen LogP contribution in [0.3, 0.4) is 0 Å². The minimum atomic E-state index is 0.0324. The van der Waals surface area contributed by atoms with Crippen LogP contribution in [-0.4, -0.2) is 55.5 Å². The third-order valence-electron chi connectivity index (χ3n) is 4.41. The quantitative estimate of drug-likeness (QED) is 0.787. The van der Waals surface area contributed by atoms with E-state index in [-0.39, 0.29) is 5.60 Å². The Morgan fingerprint density at radius 1 is 1.18 bits per heavy atom. The van der Waals surface area contributed by atoms with Gasteiger partial charge in [0.05, 0.1) is 12.2 Å². The predicted octanol–water partition coefficient (Wildman–Crippen LogP) is 0.748. The first-order valence-electron chi connectivity index (χ1n) is 7.00. The van der Waals surface area contributed by atoms with E-state index in [4.69, 9.17) is 15.2 Å². The maximum Gasteiger partial charge on any atom is 0.0951 e. The highest BCUT2D eigenvalue weighted by atomic mass is 16.6. The number of rotatable bonds is 4. The normalized spacial score (nSPS) is 38.1. The second-order valence-corrected chi connectivity index (χ2v) is 5.74. The Bertz CT molecular complexity index is 262. The molecule has 3 aliphatic rings. The van der Waals surface area contributed by atoms with Crippen LogP contribution in [-0.2, 0) is 9.47 Å². The van der Waals surface area contributed by atoms with Crippen LogP contribution in [0.1, 0.15) is 32.1 Å². The Hall–Kier alpha value is -0.160. The van der Waals surface area contributed by atoms with Gasteiger partial charge in [0, 0.05) is 44.8 Å². The first kappa shape index (κ1) is 11.9. The number of nitrogens with two attached hydrogens (primary N) is 1. The second kappa shape index (κ2) is 4.84. The van der Waals surface area contributed by atoms with E-state index in [2.05, 4.69) is 4.90 Å². The molecule has 17 heavy (non-hydrogen) atoms. The summed E-state index contributed by atoms with van der Waals surface area (Å²) in [5.41, 5.74) is 5.78. The highest BCUT2D eigenvalue weighted by molar-refractivity contribution is 4.97. The van der Waals surface area contributed by atoms with Crippen molar-refractivity contribution in [2.75, 3.05) is 32.9 Å². The summed E-state index contributed by atoms with van der Waals surface area (Å²) in [4.78, 5) is 2.64. The van der Waals surface area contributed by atoms with Crippen molar-refractivity contribution >= 4 is 0 Å². The van der Waals surface area contributed by atoms with Crippen LogP contribution >= 0.6 is 0 Å². The third kappa shape index (κ3) is 2.50. The van der Waals surface area contributed by atoms with Crippen molar-refractivity contribution in [3.05, 3.63) is 0 Å². The zero-order valence-corrected chi connectivity index (χ0v) is 10.6. The van der Waals surface area contributed by atoms with Crippen molar-refractivity contribution < 1.29 is 9.47 Å². The monoisotopic (exact) mass is 240 g/mol. The van der Waals surface area contributed by atoms with Crippen molar-refractivity contribution in [1.82, 2.24) is 4.90 Å². The lowest BCUT2D eigenvalue weighted by atomic mass is 9.88. The molecule has 0 aromatic carbocycles. The van der Waals surface area contributed by atoms with Crippen molar-refractivity contribution in [2.24, 2.45) is 5.73 Å². The fourth-order valence-electron chi connectivity index (χ4n) is 3.37. The van der Waals surface area contributed by atoms with E-state index in [0.717, 1.165) is 58.2 Å². The average molecular weight is 240 g/mol. The van der Waals surface area contributed by atoms with Crippen LogP contribution in [0.5, 0.6) is 0 Å². The van der Waals surface area contributed by atoms with Gasteiger partial charge in [-0.3, -0.25) is 4.90 Å². The predicted molar refractivity (Wildman–Crippen MR) is 65.9 cm³/mol. The molecule has 2 heterocycles. The summed E-state index contributed by atoms with van der Waals surface area (Å²) in [6, 6.07) is 1.47. The van der Waals surface area contributed by atoms with Crippen LogP contribution in [0.15, 0.2) is 0 Å². The molecule has 4 heteroatoms. The molecule has 0 aromatic heterocycles. The summed E-state index contributed by atoms with van der Waals surface area (Å²) >= 11 is 0. The lowest BCUT2D eigenvalue weighted by Crippen LogP contribution is -2.51. The molecule has 98 valence electrons. The second-order valence-electron chi connectivity index (χ2n) is 5.74. The van der Waals surface area contributed by atoms with E-state index in [0.29, 0.717) is 6.04 Å². The largest absolute Gasteiger partial charge is 0.378 e. The first-order valence-corrected chi connectivity index (χ1v) is 7.00. The minimum Gasteiger partial charge on any atom is -0.378 e. The van der Waals surface area contributed by atoms with Crippen LogP contribution in [0, 0.1) is 0 Å². The van der Waals surface area contributed by atoms with Gasteiger partial charge >= 0.3 is 0 Å². The molecule has 2 atom stereocenters. The Labute approximate surface area is 103 Å². The van der Waals surface area contributed by atoms with E-state index in [9.17, 15) is 0 Å². The molecule has 4 nitrogen and oxygen atoms in total. The van der Waals surface area contributed by atoms with Crippen molar-refractivity contribution in [3.63, 3.8) is 0 Å². The molecule has 2 saturated heterocycles. The van der Waals surface area contributed by atoms with Gasteiger partial charge in [-0.1, -0.05) is 0 Å². The van der Waals surface area contributed by atoms with Gasteiger partial charge in [0.2, 0.25) is 0 Å². The molecule has 1 saturated carbocycles. The smallest absolute Gasteiger partial charge is 0.0951 e. The molecule has 1 spiro atoms. The third-order valence-corrected chi connectivity index (χ3v) is 4.41. The summed E-state index contributed by atoms with van der Waals surface area (Å²) in [7, 11) is 0. The van der Waals surface area contributed by atoms with E-state index in [1.165, 1.54) is 12.8 Å². The summed E-state index contributed by atoms with van der Waals surface area (Å²) in [6.07, 6.45) is 6.11. The Morgan fingerprint density at radius 2 is 2.06 bits per heavy atom. The molecule has 2 unspecified atom stereocenters. The molecule has 1 aliphatic carbocycles. The molecule has 0 radical (unpaired) electrons. The lowest BCUT2D eigenvalue weighted by Gasteiger charge is -2.42. The molecule has 2 N–H and O–H groups in total. The zero-order chi connectivity index (χ0) is 11.7. The fourth-order valence-corrected chi connectivity index (χ4v) is 3.37. The number of ether oxygens (including phenoxy) is 2. The SMILES string of the molecule is NCCN(C1CC1)C1CCOC2(CCOC2)C1. The van der Waals surface area contributed by atoms with Gasteiger partial charge in [0.15, 0.2) is 0 Å². The van der Waals surface area contributed by atoms with E-state index in [1.54, 1.807) is 0 Å². The number of nitrogens with zero attached hydrogens (tertiary/aromatic N) is 1. The van der Waals surface area contributed by atoms with E-state index >= 15 is 0 Å². The average Bonchev–Trinajstić information content (AvgIpc) is 3.09. The molecular weight excluding hydrogens is 216 g/mol. The topological polar surface area (TPSA) is 47.7 Å². The number of hydrogen-bond acceptors (Lipinski definition) is 4. The maximum atomic E-state index is 6.00. The van der Waals surface area contributed by atoms with Crippen molar-refractivity contribution in [3.8, 4) is 0 Å². The van der Waals surface area contributed by atoms with Gasteiger partial charge < -0.3 is 15.2 Å². The van der Waals surface area contributed by atoms with Crippen molar-refractivity contribution in [1.29, 1.82) is 0 Å². The summed E-state index contributed by atoms with van der Waals surface area (Å²) in [6.45, 7) is 4.38. The summed E-state index contributed by atoms with van der Waals surface area (Å²) in [5.74, 6) is 0. The maximum absolute atomic E-state index is 6.00. The van der Waals surface area contributed by atoms with Crippen LogP contribution < -0.4 is 5.73 Å². The van der Waals surface area contributed by atoms with E-state index in [1.807, 2.05) is 0 Å². The Morgan fingerprint density at radius 3 is 2.71 bits per heavy atom. The Kier molecular flexibility index (Phi) is 3.39. The van der Waals surface area contributed by atoms with Crippen LogP contribution in [0.4, 0.5) is 0 Å². The lowest BCUT2D eigenvalue weighted by molar-refractivity contribution is -0.107. The first-order chi connectivity index (χ1) is 8.33. The van der Waals surface area contributed by atoms with Gasteiger partial charge in [-0.05, 0) is 25.7 Å². The van der Waals surface area contributed by atoms with Crippen LogP contribution in [0.2, 0.25) is 0 Å². The molecular formula is C13H24N2O2. The molecule has 0 bridgehead atoms. The minimum absolute atomic E-state index is 0.0324. The molecule has 0 amide bonds. The van der Waals surface area contributed by atoms with Crippen molar-refractivity contribution in [2.45, 2.75) is 49.8 Å². The molecule has 3 rings (SSSR count). The van der Waals surface area contributed by atoms with Gasteiger partial charge in [0.1, 0.15) is 0 Å². The Balaban J connectivity index is 1.65. The highest BCUT2D eigenvalue weighted by Crippen LogP contribution is 2.38. The van der Waals surface area contributed by atoms with Gasteiger partial charge in [-0.25, -0.2) is 0 Å².